The van der Waals surface area contributed by atoms with Gasteiger partial charge in [0.15, 0.2) is 13.2 Å². The van der Waals surface area contributed by atoms with Gasteiger partial charge in [-0.2, -0.15) is 4.31 Å². The van der Waals surface area contributed by atoms with E-state index in [2.05, 4.69) is 5.32 Å². The van der Waals surface area contributed by atoms with Crippen molar-refractivity contribution < 1.29 is 27.5 Å². The zero-order chi connectivity index (χ0) is 23.0. The van der Waals surface area contributed by atoms with Crippen molar-refractivity contribution in [3.63, 3.8) is 0 Å². The summed E-state index contributed by atoms with van der Waals surface area (Å²) in [4.78, 5) is 24.0. The van der Waals surface area contributed by atoms with E-state index in [0.717, 1.165) is 11.1 Å². The Morgan fingerprint density at radius 1 is 0.935 bits per heavy atom. The first kappa shape index (κ1) is 24.4. The monoisotopic (exact) mass is 448 g/mol. The molecule has 0 aliphatic carbocycles. The van der Waals surface area contributed by atoms with Gasteiger partial charge in [0.05, 0.1) is 4.90 Å². The van der Waals surface area contributed by atoms with Gasteiger partial charge in [-0.05, 0) is 49.2 Å². The minimum Gasteiger partial charge on any atom is -0.481 e. The molecule has 0 spiro atoms. The molecule has 0 heterocycles. The van der Waals surface area contributed by atoms with Gasteiger partial charge in [-0.25, -0.2) is 13.2 Å². The van der Waals surface area contributed by atoms with Crippen LogP contribution in [0.1, 0.15) is 25.0 Å². The van der Waals surface area contributed by atoms with Crippen molar-refractivity contribution in [2.24, 2.45) is 0 Å². The second kappa shape index (κ2) is 10.9. The lowest BCUT2D eigenvalue weighted by atomic mass is 10.1. The van der Waals surface area contributed by atoms with Crippen LogP contribution < -0.4 is 10.1 Å². The summed E-state index contributed by atoms with van der Waals surface area (Å²) in [5.41, 5.74) is 2.19. The molecule has 0 saturated heterocycles. The number of hydrogen-bond acceptors (Lipinski definition) is 6. The number of benzene rings is 2. The van der Waals surface area contributed by atoms with E-state index in [1.165, 1.54) is 28.6 Å². The molecule has 2 rings (SSSR count). The molecule has 0 aliphatic rings. The predicted octanol–water partition coefficient (Wildman–Crippen LogP) is 2.89. The zero-order valence-electron chi connectivity index (χ0n) is 18.2. The molecule has 1 N–H and O–H groups in total. The second-order valence-corrected chi connectivity index (χ2v) is 8.77. The lowest BCUT2D eigenvalue weighted by molar-refractivity contribution is -0.149. The number of hydrogen-bond donors (Lipinski definition) is 1. The maximum absolute atomic E-state index is 12.5. The molecule has 0 unspecified atom stereocenters. The van der Waals surface area contributed by atoms with Gasteiger partial charge in [0.1, 0.15) is 5.75 Å². The number of nitrogens with one attached hydrogen (secondary N) is 1. The van der Waals surface area contributed by atoms with Crippen LogP contribution in [0.15, 0.2) is 47.4 Å². The number of anilines is 1. The molecule has 8 nitrogen and oxygen atoms in total. The van der Waals surface area contributed by atoms with Crippen molar-refractivity contribution in [2.75, 3.05) is 31.6 Å². The highest BCUT2D eigenvalue weighted by atomic mass is 32.2. The van der Waals surface area contributed by atoms with Crippen molar-refractivity contribution in [1.82, 2.24) is 4.31 Å². The number of carbonyl (C=O) groups is 2. The number of carbonyl (C=O) groups excluding carboxylic acids is 2. The fraction of sp³-hybridized carbons (Fsp3) is 0.364. The summed E-state index contributed by atoms with van der Waals surface area (Å²) in [6, 6.07) is 11.5. The van der Waals surface area contributed by atoms with E-state index in [0.29, 0.717) is 24.5 Å². The summed E-state index contributed by atoms with van der Waals surface area (Å²) >= 11 is 0. The summed E-state index contributed by atoms with van der Waals surface area (Å²) in [5, 5.41) is 2.56. The number of amides is 1. The second-order valence-electron chi connectivity index (χ2n) is 6.83. The molecule has 0 aliphatic heterocycles. The highest BCUT2D eigenvalue weighted by molar-refractivity contribution is 7.89. The van der Waals surface area contributed by atoms with Crippen LogP contribution in [-0.2, 0) is 24.3 Å². The SMILES string of the molecule is CCN(CC)S(=O)(=O)c1ccc(NC(=O)COC(=O)COc2c(C)cccc2C)cc1. The third-order valence-corrected chi connectivity index (χ3v) is 6.65. The van der Waals surface area contributed by atoms with E-state index in [1.807, 2.05) is 32.0 Å². The first-order valence-corrected chi connectivity index (χ1v) is 11.4. The van der Waals surface area contributed by atoms with Crippen LogP contribution in [-0.4, -0.2) is 50.9 Å². The Morgan fingerprint density at radius 2 is 1.52 bits per heavy atom. The molecular weight excluding hydrogens is 420 g/mol. The van der Waals surface area contributed by atoms with Crippen LogP contribution in [0.25, 0.3) is 0 Å². The molecule has 0 aromatic heterocycles. The van der Waals surface area contributed by atoms with Crippen LogP contribution in [0.4, 0.5) is 5.69 Å². The summed E-state index contributed by atoms with van der Waals surface area (Å²) < 4.78 is 36.7. The van der Waals surface area contributed by atoms with Gasteiger partial charge in [-0.1, -0.05) is 32.0 Å². The number of rotatable bonds is 10. The smallest absolute Gasteiger partial charge is 0.344 e. The number of nitrogens with zero attached hydrogens (tertiary/aromatic N) is 1. The Hall–Kier alpha value is -2.91. The number of aryl methyl sites for hydroxylation is 2. The van der Waals surface area contributed by atoms with Crippen molar-refractivity contribution in [1.29, 1.82) is 0 Å². The molecule has 0 fully saturated rings. The van der Waals surface area contributed by atoms with E-state index in [-0.39, 0.29) is 11.5 Å². The van der Waals surface area contributed by atoms with E-state index in [4.69, 9.17) is 9.47 Å². The molecule has 1 amide bonds. The summed E-state index contributed by atoms with van der Waals surface area (Å²) in [6.45, 7) is 7.24. The lowest BCUT2D eigenvalue weighted by Gasteiger charge is -2.18. The summed E-state index contributed by atoms with van der Waals surface area (Å²) in [5.74, 6) is -0.595. The fourth-order valence-electron chi connectivity index (χ4n) is 2.97. The maximum atomic E-state index is 12.5. The Kier molecular flexibility index (Phi) is 8.58. The molecule has 0 radical (unpaired) electrons. The van der Waals surface area contributed by atoms with Crippen molar-refractivity contribution in [3.8, 4) is 5.75 Å². The van der Waals surface area contributed by atoms with Gasteiger partial charge in [0, 0.05) is 18.8 Å². The van der Waals surface area contributed by atoms with Crippen LogP contribution in [0.2, 0.25) is 0 Å². The Morgan fingerprint density at radius 3 is 2.06 bits per heavy atom. The first-order chi connectivity index (χ1) is 14.7. The number of ether oxygens (including phenoxy) is 2. The molecule has 2 aromatic rings. The topological polar surface area (TPSA) is 102 Å². The van der Waals surface area contributed by atoms with E-state index in [9.17, 15) is 18.0 Å². The van der Waals surface area contributed by atoms with Crippen LogP contribution in [0.3, 0.4) is 0 Å². The number of para-hydroxylation sites is 1. The third kappa shape index (κ3) is 6.53. The average molecular weight is 449 g/mol. The Labute approximate surface area is 183 Å². The first-order valence-electron chi connectivity index (χ1n) is 9.93. The van der Waals surface area contributed by atoms with E-state index < -0.39 is 28.5 Å². The minimum atomic E-state index is -3.57. The molecule has 168 valence electrons. The lowest BCUT2D eigenvalue weighted by Crippen LogP contribution is -2.30. The highest BCUT2D eigenvalue weighted by Gasteiger charge is 2.21. The zero-order valence-corrected chi connectivity index (χ0v) is 19.0. The standard InChI is InChI=1S/C22H28N2O6S/c1-5-24(6-2)31(27,28)19-12-10-18(11-13-19)23-20(25)14-29-21(26)15-30-22-16(3)8-7-9-17(22)4/h7-13H,5-6,14-15H2,1-4H3,(H,23,25). The molecule has 31 heavy (non-hydrogen) atoms. The Balaban J connectivity index is 1.85. The van der Waals surface area contributed by atoms with Gasteiger partial charge in [0.2, 0.25) is 10.0 Å². The van der Waals surface area contributed by atoms with Crippen molar-refractivity contribution >= 4 is 27.6 Å². The maximum Gasteiger partial charge on any atom is 0.344 e. The molecular formula is C22H28N2O6S. The molecule has 2 aromatic carbocycles. The normalized spacial score (nSPS) is 11.3. The van der Waals surface area contributed by atoms with Gasteiger partial charge in [0.25, 0.3) is 5.91 Å². The Bertz CT molecular complexity index is 995. The van der Waals surface area contributed by atoms with Crippen molar-refractivity contribution in [3.05, 3.63) is 53.6 Å². The molecule has 0 bridgehead atoms. The average Bonchev–Trinajstić information content (AvgIpc) is 2.73. The van der Waals surface area contributed by atoms with Crippen LogP contribution in [0, 0.1) is 13.8 Å². The van der Waals surface area contributed by atoms with Crippen LogP contribution in [0.5, 0.6) is 5.75 Å². The van der Waals surface area contributed by atoms with Gasteiger partial charge in [-0.15, -0.1) is 0 Å². The number of esters is 1. The van der Waals surface area contributed by atoms with Crippen LogP contribution >= 0.6 is 0 Å². The predicted molar refractivity (Wildman–Crippen MR) is 118 cm³/mol. The summed E-state index contributed by atoms with van der Waals surface area (Å²) in [6.07, 6.45) is 0. The third-order valence-electron chi connectivity index (χ3n) is 4.59. The largest absolute Gasteiger partial charge is 0.481 e. The minimum absolute atomic E-state index is 0.143. The van der Waals surface area contributed by atoms with Gasteiger partial charge in [-0.3, -0.25) is 4.79 Å². The van der Waals surface area contributed by atoms with E-state index >= 15 is 0 Å². The highest BCUT2D eigenvalue weighted by Crippen LogP contribution is 2.22. The molecule has 0 saturated carbocycles. The van der Waals surface area contributed by atoms with E-state index in [1.54, 1.807) is 13.8 Å². The van der Waals surface area contributed by atoms with Gasteiger partial charge >= 0.3 is 5.97 Å². The van der Waals surface area contributed by atoms with Crippen molar-refractivity contribution in [2.45, 2.75) is 32.6 Å². The molecule has 0 atom stereocenters. The fourth-order valence-corrected chi connectivity index (χ4v) is 4.42. The number of sulfonamides is 1. The molecule has 9 heteroatoms. The quantitative estimate of drug-likeness (QED) is 0.561. The van der Waals surface area contributed by atoms with Gasteiger partial charge < -0.3 is 14.8 Å². The summed E-state index contributed by atoms with van der Waals surface area (Å²) in [7, 11) is -3.57.